The summed E-state index contributed by atoms with van der Waals surface area (Å²) < 4.78 is 5.36. The molecule has 1 unspecified atom stereocenters. The molecular formula is C14H17NO4. The van der Waals surface area contributed by atoms with Crippen LogP contribution in [0.3, 0.4) is 0 Å². The summed E-state index contributed by atoms with van der Waals surface area (Å²) in [6.45, 7) is 2.34. The van der Waals surface area contributed by atoms with E-state index in [9.17, 15) is 9.90 Å². The molecule has 1 aromatic heterocycles. The van der Waals surface area contributed by atoms with E-state index in [1.807, 2.05) is 19.1 Å². The van der Waals surface area contributed by atoms with Crippen molar-refractivity contribution in [1.29, 1.82) is 0 Å². The van der Waals surface area contributed by atoms with Crippen LogP contribution in [0.1, 0.15) is 29.5 Å². The van der Waals surface area contributed by atoms with Crippen molar-refractivity contribution in [2.75, 3.05) is 6.61 Å². The van der Waals surface area contributed by atoms with Crippen LogP contribution in [-0.4, -0.2) is 28.8 Å². The fourth-order valence-corrected chi connectivity index (χ4v) is 2.03. The van der Waals surface area contributed by atoms with Crippen LogP contribution in [0.25, 0.3) is 11.0 Å². The van der Waals surface area contributed by atoms with Gasteiger partial charge in [-0.2, -0.15) is 0 Å². The van der Waals surface area contributed by atoms with Gasteiger partial charge in [0.2, 0.25) is 5.76 Å². The molecule has 0 fully saturated rings. The van der Waals surface area contributed by atoms with Crippen molar-refractivity contribution in [3.05, 3.63) is 35.6 Å². The Hall–Kier alpha value is -1.85. The van der Waals surface area contributed by atoms with E-state index in [1.165, 1.54) is 0 Å². The van der Waals surface area contributed by atoms with E-state index in [1.54, 1.807) is 12.1 Å². The molecule has 1 heterocycles. The molecule has 0 saturated heterocycles. The number of para-hydroxylation sites is 1. The highest BCUT2D eigenvalue weighted by atomic mass is 16.4. The molecule has 2 rings (SSSR count). The van der Waals surface area contributed by atoms with Crippen molar-refractivity contribution >= 4 is 16.9 Å². The fourth-order valence-electron chi connectivity index (χ4n) is 2.03. The second-order valence-electron chi connectivity index (χ2n) is 4.38. The zero-order chi connectivity index (χ0) is 13.8. The summed E-state index contributed by atoms with van der Waals surface area (Å²) in [4.78, 5) is 11.2. The first kappa shape index (κ1) is 13.6. The quantitative estimate of drug-likeness (QED) is 0.742. The van der Waals surface area contributed by atoms with E-state index in [0.29, 0.717) is 17.7 Å². The van der Waals surface area contributed by atoms with Crippen molar-refractivity contribution in [1.82, 2.24) is 5.32 Å². The number of aliphatic hydroxyl groups is 1. The monoisotopic (exact) mass is 263 g/mol. The minimum Gasteiger partial charge on any atom is -0.475 e. The average Bonchev–Trinajstić information content (AvgIpc) is 2.79. The molecule has 0 spiro atoms. The number of fused-ring (bicyclic) bond motifs is 1. The van der Waals surface area contributed by atoms with Crippen LogP contribution in [0.2, 0.25) is 0 Å². The van der Waals surface area contributed by atoms with E-state index in [2.05, 4.69) is 5.32 Å². The maximum absolute atomic E-state index is 11.2. The van der Waals surface area contributed by atoms with Gasteiger partial charge in [0.25, 0.3) is 0 Å². The third kappa shape index (κ3) is 2.77. The van der Waals surface area contributed by atoms with Gasteiger partial charge >= 0.3 is 5.97 Å². The van der Waals surface area contributed by atoms with E-state index in [4.69, 9.17) is 9.52 Å². The summed E-state index contributed by atoms with van der Waals surface area (Å²) in [5, 5.41) is 22.2. The Morgan fingerprint density at radius 2 is 2.16 bits per heavy atom. The topological polar surface area (TPSA) is 82.7 Å². The predicted octanol–water partition coefficient (Wildman–Crippen LogP) is 1.99. The Morgan fingerprint density at radius 3 is 2.79 bits per heavy atom. The van der Waals surface area contributed by atoms with Gasteiger partial charge in [0, 0.05) is 23.5 Å². The average molecular weight is 263 g/mol. The minimum atomic E-state index is -1.08. The third-order valence-electron chi connectivity index (χ3n) is 3.17. The van der Waals surface area contributed by atoms with Crippen LogP contribution in [0.5, 0.6) is 0 Å². The molecule has 1 aromatic carbocycles. The first-order valence-electron chi connectivity index (χ1n) is 6.25. The van der Waals surface area contributed by atoms with Gasteiger partial charge in [0.05, 0.1) is 6.61 Å². The summed E-state index contributed by atoms with van der Waals surface area (Å²) in [7, 11) is 0. The maximum atomic E-state index is 11.2. The molecule has 0 aliphatic heterocycles. The molecule has 0 amide bonds. The molecule has 0 aliphatic rings. The lowest BCUT2D eigenvalue weighted by molar-refractivity contribution is 0.0663. The van der Waals surface area contributed by atoms with Crippen LogP contribution in [0, 0.1) is 0 Å². The highest BCUT2D eigenvalue weighted by Gasteiger charge is 2.19. The van der Waals surface area contributed by atoms with Crippen LogP contribution < -0.4 is 5.32 Å². The molecule has 5 nitrogen and oxygen atoms in total. The Labute approximate surface area is 110 Å². The predicted molar refractivity (Wildman–Crippen MR) is 71.2 cm³/mol. The fraction of sp³-hybridized carbons (Fsp3) is 0.357. The maximum Gasteiger partial charge on any atom is 0.372 e. The molecule has 1 atom stereocenters. The first-order chi connectivity index (χ1) is 9.17. The summed E-state index contributed by atoms with van der Waals surface area (Å²) >= 11 is 0. The summed E-state index contributed by atoms with van der Waals surface area (Å²) in [5.41, 5.74) is 1.18. The number of carboxylic acid groups (broad SMARTS) is 1. The van der Waals surface area contributed by atoms with Gasteiger partial charge in [-0.25, -0.2) is 4.79 Å². The van der Waals surface area contributed by atoms with Crippen LogP contribution >= 0.6 is 0 Å². The van der Waals surface area contributed by atoms with Crippen LogP contribution in [0.4, 0.5) is 0 Å². The summed E-state index contributed by atoms with van der Waals surface area (Å²) in [5.74, 6) is -1.12. The number of hydrogen-bond acceptors (Lipinski definition) is 4. The number of nitrogens with one attached hydrogen (secondary N) is 1. The molecule has 0 aliphatic carbocycles. The van der Waals surface area contributed by atoms with Crippen molar-refractivity contribution in [3.8, 4) is 0 Å². The lowest BCUT2D eigenvalue weighted by atomic mass is 10.1. The largest absolute Gasteiger partial charge is 0.475 e. The standard InChI is InChI=1S/C14H17NO4/c1-2-9(8-16)15-7-11-10-5-3-4-6-12(10)19-13(11)14(17)18/h3-6,9,15-16H,2,7-8H2,1H3,(H,17,18). The van der Waals surface area contributed by atoms with Gasteiger partial charge in [0.1, 0.15) is 5.58 Å². The Balaban J connectivity index is 2.34. The van der Waals surface area contributed by atoms with Crippen molar-refractivity contribution in [2.24, 2.45) is 0 Å². The number of carbonyl (C=O) groups is 1. The number of hydrogen-bond donors (Lipinski definition) is 3. The van der Waals surface area contributed by atoms with Gasteiger partial charge in [-0.05, 0) is 12.5 Å². The van der Waals surface area contributed by atoms with Crippen molar-refractivity contribution in [2.45, 2.75) is 25.9 Å². The third-order valence-corrected chi connectivity index (χ3v) is 3.17. The second-order valence-corrected chi connectivity index (χ2v) is 4.38. The number of benzene rings is 1. The number of carboxylic acids is 1. The highest BCUT2D eigenvalue weighted by molar-refractivity contribution is 5.95. The number of furan rings is 1. The first-order valence-corrected chi connectivity index (χ1v) is 6.25. The molecule has 102 valence electrons. The van der Waals surface area contributed by atoms with Gasteiger partial charge in [0.15, 0.2) is 0 Å². The Bertz CT molecular complexity index is 572. The van der Waals surface area contributed by atoms with Gasteiger partial charge < -0.3 is 19.9 Å². The van der Waals surface area contributed by atoms with E-state index in [0.717, 1.165) is 11.8 Å². The number of rotatable bonds is 6. The van der Waals surface area contributed by atoms with Crippen LogP contribution in [0.15, 0.2) is 28.7 Å². The summed E-state index contributed by atoms with van der Waals surface area (Å²) in [6.07, 6.45) is 0.773. The number of aliphatic hydroxyl groups excluding tert-OH is 1. The second kappa shape index (κ2) is 5.86. The lowest BCUT2D eigenvalue weighted by Gasteiger charge is -2.13. The Kier molecular flexibility index (Phi) is 4.19. The molecule has 3 N–H and O–H groups in total. The summed E-state index contributed by atoms with van der Waals surface area (Å²) in [6, 6.07) is 7.18. The molecular weight excluding hydrogens is 246 g/mol. The molecule has 2 aromatic rings. The molecule has 0 radical (unpaired) electrons. The van der Waals surface area contributed by atoms with Crippen LogP contribution in [-0.2, 0) is 6.54 Å². The van der Waals surface area contributed by atoms with E-state index < -0.39 is 5.97 Å². The van der Waals surface area contributed by atoms with Crippen molar-refractivity contribution < 1.29 is 19.4 Å². The van der Waals surface area contributed by atoms with E-state index >= 15 is 0 Å². The lowest BCUT2D eigenvalue weighted by Crippen LogP contribution is -2.31. The number of aromatic carboxylic acids is 1. The van der Waals surface area contributed by atoms with E-state index in [-0.39, 0.29) is 18.4 Å². The molecule has 0 saturated carbocycles. The zero-order valence-electron chi connectivity index (χ0n) is 10.7. The minimum absolute atomic E-state index is 0.0225. The molecule has 19 heavy (non-hydrogen) atoms. The highest BCUT2D eigenvalue weighted by Crippen LogP contribution is 2.25. The van der Waals surface area contributed by atoms with Gasteiger partial charge in [-0.1, -0.05) is 25.1 Å². The van der Waals surface area contributed by atoms with Crippen molar-refractivity contribution in [3.63, 3.8) is 0 Å². The Morgan fingerprint density at radius 1 is 1.42 bits per heavy atom. The molecule has 0 bridgehead atoms. The molecule has 5 heteroatoms. The SMILES string of the molecule is CCC(CO)NCc1c(C(=O)O)oc2ccccc12. The van der Waals surface area contributed by atoms with Gasteiger partial charge in [-0.3, -0.25) is 0 Å². The normalized spacial score (nSPS) is 12.7. The zero-order valence-corrected chi connectivity index (χ0v) is 10.7. The smallest absolute Gasteiger partial charge is 0.372 e. The van der Waals surface area contributed by atoms with Gasteiger partial charge in [-0.15, -0.1) is 0 Å².